The van der Waals surface area contributed by atoms with Crippen molar-refractivity contribution >= 4 is 28.7 Å². The van der Waals surface area contributed by atoms with Crippen molar-refractivity contribution in [3.8, 4) is 0 Å². The normalized spacial score (nSPS) is 14.0. The number of benzene rings is 2. The van der Waals surface area contributed by atoms with Gasteiger partial charge in [0.05, 0.1) is 5.57 Å². The first kappa shape index (κ1) is 20.1. The van der Waals surface area contributed by atoms with Crippen LogP contribution in [0.4, 0.5) is 0 Å². The van der Waals surface area contributed by atoms with Crippen LogP contribution in [0.15, 0.2) is 83.9 Å². The molecule has 30 heavy (non-hydrogen) atoms. The summed E-state index contributed by atoms with van der Waals surface area (Å²) < 4.78 is 0. The van der Waals surface area contributed by atoms with Crippen molar-refractivity contribution in [2.24, 2.45) is 0 Å². The third-order valence-electron chi connectivity index (χ3n) is 5.29. The van der Waals surface area contributed by atoms with Crippen molar-refractivity contribution in [1.82, 2.24) is 9.80 Å². The maximum absolute atomic E-state index is 13.4. The first-order chi connectivity index (χ1) is 14.7. The van der Waals surface area contributed by atoms with Crippen molar-refractivity contribution in [2.45, 2.75) is 19.9 Å². The number of nitrogens with zero attached hydrogens (tertiary/aromatic N) is 2. The molecule has 2 aromatic carbocycles. The second-order valence-electron chi connectivity index (χ2n) is 7.20. The van der Waals surface area contributed by atoms with Gasteiger partial charge in [0.15, 0.2) is 0 Å². The van der Waals surface area contributed by atoms with E-state index >= 15 is 0 Å². The van der Waals surface area contributed by atoms with E-state index in [1.54, 1.807) is 0 Å². The Hall–Kier alpha value is -3.18. The van der Waals surface area contributed by atoms with Crippen LogP contribution in [-0.4, -0.2) is 34.7 Å². The molecule has 0 N–H and O–H groups in total. The number of likely N-dealkylation sites (N-methyl/N-ethyl adjacent to an activating group) is 1. The van der Waals surface area contributed by atoms with Gasteiger partial charge in [0.25, 0.3) is 11.8 Å². The van der Waals surface area contributed by atoms with Crippen molar-refractivity contribution in [1.29, 1.82) is 0 Å². The monoisotopic (exact) mass is 416 g/mol. The van der Waals surface area contributed by atoms with Gasteiger partial charge in [-0.15, -0.1) is 11.3 Å². The Balaban J connectivity index is 1.65. The summed E-state index contributed by atoms with van der Waals surface area (Å²) in [7, 11) is 0. The minimum absolute atomic E-state index is 0.195. The van der Waals surface area contributed by atoms with E-state index < -0.39 is 0 Å². The van der Waals surface area contributed by atoms with Crippen molar-refractivity contribution < 1.29 is 9.59 Å². The van der Waals surface area contributed by atoms with Gasteiger partial charge in [0.2, 0.25) is 0 Å². The van der Waals surface area contributed by atoms with E-state index in [1.807, 2.05) is 90.0 Å². The molecule has 0 unspecified atom stereocenters. The molecule has 152 valence electrons. The molecule has 0 saturated carbocycles. The van der Waals surface area contributed by atoms with E-state index in [2.05, 4.69) is 0 Å². The van der Waals surface area contributed by atoms with Crippen molar-refractivity contribution in [3.63, 3.8) is 0 Å². The molecule has 2 amide bonds. The number of carbonyl (C=O) groups is 2. The largest absolute Gasteiger partial charge is 0.362 e. The molecule has 1 aromatic heterocycles. The highest BCUT2D eigenvalue weighted by Crippen LogP contribution is 2.34. The van der Waals surface area contributed by atoms with Gasteiger partial charge in [-0.3, -0.25) is 14.5 Å². The van der Waals surface area contributed by atoms with E-state index in [0.29, 0.717) is 37.3 Å². The number of thiophene rings is 1. The molecule has 5 heteroatoms. The molecule has 3 aromatic rings. The lowest BCUT2D eigenvalue weighted by Gasteiger charge is -2.24. The molecule has 0 spiro atoms. The maximum Gasteiger partial charge on any atom is 0.277 e. The molecular formula is C25H24N2O2S. The van der Waals surface area contributed by atoms with Crippen LogP contribution in [0.1, 0.15) is 22.9 Å². The molecule has 4 rings (SSSR count). The zero-order valence-electron chi connectivity index (χ0n) is 17.0. The number of hydrogen-bond acceptors (Lipinski definition) is 4. The van der Waals surface area contributed by atoms with Crippen LogP contribution in [-0.2, 0) is 22.6 Å². The predicted molar refractivity (Wildman–Crippen MR) is 121 cm³/mol. The molecular weight excluding hydrogens is 392 g/mol. The van der Waals surface area contributed by atoms with E-state index in [-0.39, 0.29) is 11.8 Å². The van der Waals surface area contributed by atoms with Crippen LogP contribution >= 0.6 is 11.3 Å². The van der Waals surface area contributed by atoms with Gasteiger partial charge in [-0.2, -0.15) is 0 Å². The Morgan fingerprint density at radius 2 is 1.50 bits per heavy atom. The Morgan fingerprint density at radius 1 is 0.833 bits per heavy atom. The zero-order chi connectivity index (χ0) is 20.9. The highest BCUT2D eigenvalue weighted by molar-refractivity contribution is 7.11. The minimum Gasteiger partial charge on any atom is -0.362 e. The van der Waals surface area contributed by atoms with E-state index in [9.17, 15) is 9.59 Å². The molecule has 0 aliphatic carbocycles. The van der Waals surface area contributed by atoms with Gasteiger partial charge in [-0.25, -0.2) is 0 Å². The fourth-order valence-corrected chi connectivity index (χ4v) is 4.50. The Labute approximate surface area is 181 Å². The quantitative estimate of drug-likeness (QED) is 0.504. The van der Waals surface area contributed by atoms with Gasteiger partial charge >= 0.3 is 0 Å². The van der Waals surface area contributed by atoms with Crippen LogP contribution in [0.2, 0.25) is 0 Å². The lowest BCUT2D eigenvalue weighted by Crippen LogP contribution is -2.36. The summed E-state index contributed by atoms with van der Waals surface area (Å²) in [6, 6.07) is 23.8. The summed E-state index contributed by atoms with van der Waals surface area (Å²) in [5.41, 5.74) is 3.27. The number of imide groups is 1. The molecule has 1 aliphatic heterocycles. The molecule has 0 bridgehead atoms. The average molecular weight is 417 g/mol. The minimum atomic E-state index is -0.197. The lowest BCUT2D eigenvalue weighted by atomic mass is 10.1. The summed E-state index contributed by atoms with van der Waals surface area (Å²) >= 11 is 1.50. The van der Waals surface area contributed by atoms with Crippen LogP contribution in [0, 0.1) is 0 Å². The summed E-state index contributed by atoms with van der Waals surface area (Å²) in [6.45, 7) is 3.63. The topological polar surface area (TPSA) is 40.6 Å². The number of rotatable bonds is 8. The van der Waals surface area contributed by atoms with Crippen LogP contribution in [0.3, 0.4) is 0 Å². The van der Waals surface area contributed by atoms with Gasteiger partial charge in [0, 0.05) is 24.5 Å². The first-order valence-corrected chi connectivity index (χ1v) is 11.0. The smallest absolute Gasteiger partial charge is 0.277 e. The number of amides is 2. The third-order valence-corrected chi connectivity index (χ3v) is 6.18. The van der Waals surface area contributed by atoms with Crippen molar-refractivity contribution in [2.75, 3.05) is 13.1 Å². The Kier molecular flexibility index (Phi) is 6.10. The highest BCUT2D eigenvalue weighted by atomic mass is 32.1. The Bertz CT molecular complexity index is 1040. The number of carbonyl (C=O) groups excluding carboxylic acids is 2. The van der Waals surface area contributed by atoms with Gasteiger partial charge in [-0.1, -0.05) is 66.7 Å². The summed E-state index contributed by atoms with van der Waals surface area (Å²) in [5, 5.41) is 1.94. The van der Waals surface area contributed by atoms with Crippen LogP contribution in [0.25, 0.3) is 5.57 Å². The van der Waals surface area contributed by atoms with Gasteiger partial charge in [-0.05, 0) is 35.9 Å². The zero-order valence-corrected chi connectivity index (χ0v) is 17.8. The molecule has 0 atom stereocenters. The second kappa shape index (κ2) is 9.09. The molecule has 0 radical (unpaired) electrons. The van der Waals surface area contributed by atoms with E-state index in [4.69, 9.17) is 0 Å². The maximum atomic E-state index is 13.4. The summed E-state index contributed by atoms with van der Waals surface area (Å²) in [6.07, 6.45) is 0.647. The standard InChI is InChI=1S/C25H24N2O2S/c1-2-26(18-20-12-7-4-8-13-20)23-22(21-14-9-17-30-21)24(28)27(25(23)29)16-15-19-10-5-3-6-11-19/h3-14,17H,2,15-16,18H2,1H3. The average Bonchev–Trinajstić information content (AvgIpc) is 3.39. The Morgan fingerprint density at radius 3 is 2.10 bits per heavy atom. The highest BCUT2D eigenvalue weighted by Gasteiger charge is 2.41. The fourth-order valence-electron chi connectivity index (χ4n) is 3.74. The van der Waals surface area contributed by atoms with E-state index in [1.165, 1.54) is 16.2 Å². The van der Waals surface area contributed by atoms with Crippen molar-refractivity contribution in [3.05, 3.63) is 99.9 Å². The number of hydrogen-bond donors (Lipinski definition) is 0. The van der Waals surface area contributed by atoms with Crippen LogP contribution in [0.5, 0.6) is 0 Å². The van der Waals surface area contributed by atoms with E-state index in [0.717, 1.165) is 16.0 Å². The first-order valence-electron chi connectivity index (χ1n) is 10.2. The third kappa shape index (κ3) is 4.07. The van der Waals surface area contributed by atoms with Gasteiger partial charge in [0.1, 0.15) is 5.70 Å². The SMILES string of the molecule is CCN(Cc1ccccc1)C1=C(c2cccs2)C(=O)N(CCc2ccccc2)C1=O. The van der Waals surface area contributed by atoms with Crippen LogP contribution < -0.4 is 0 Å². The molecule has 1 aliphatic rings. The molecule has 4 nitrogen and oxygen atoms in total. The summed E-state index contributed by atoms with van der Waals surface area (Å²) in [4.78, 5) is 31.1. The lowest BCUT2D eigenvalue weighted by molar-refractivity contribution is -0.137. The molecule has 2 heterocycles. The molecule has 0 saturated heterocycles. The second-order valence-corrected chi connectivity index (χ2v) is 8.15. The predicted octanol–water partition coefficient (Wildman–Crippen LogP) is 4.59. The fraction of sp³-hybridized carbons (Fsp3) is 0.200. The summed E-state index contributed by atoms with van der Waals surface area (Å²) in [5.74, 6) is -0.392. The molecule has 0 fully saturated rings. The van der Waals surface area contributed by atoms with Gasteiger partial charge < -0.3 is 4.90 Å².